The molecule has 0 fully saturated rings. The molecule has 0 aromatic carbocycles. The molecule has 1 heterocycles. The number of carbonyl (C=O) groups excluding carboxylic acids is 2. The molecule has 0 saturated heterocycles. The van der Waals surface area contributed by atoms with Crippen molar-refractivity contribution >= 4 is 28.8 Å². The van der Waals surface area contributed by atoms with E-state index >= 15 is 0 Å². The highest BCUT2D eigenvalue weighted by Gasteiger charge is 2.20. The van der Waals surface area contributed by atoms with Crippen molar-refractivity contribution in [2.75, 3.05) is 12.3 Å². The number of rotatable bonds is 3. The molecule has 0 aliphatic carbocycles. The fourth-order valence-corrected chi connectivity index (χ4v) is 1.54. The Hall–Kier alpha value is -1.36. The van der Waals surface area contributed by atoms with Crippen LogP contribution in [0.4, 0.5) is 5.69 Å². The monoisotopic (exact) mass is 199 g/mol. The van der Waals surface area contributed by atoms with Gasteiger partial charge in [-0.1, -0.05) is 0 Å². The van der Waals surface area contributed by atoms with Crippen LogP contribution in [-0.2, 0) is 9.53 Å². The summed E-state index contributed by atoms with van der Waals surface area (Å²) in [6.07, 6.45) is 0. The van der Waals surface area contributed by atoms with Gasteiger partial charge in [-0.05, 0) is 18.4 Å². The Labute approximate surface area is 79.3 Å². The summed E-state index contributed by atoms with van der Waals surface area (Å²) in [5, 5.41) is 1.65. The summed E-state index contributed by atoms with van der Waals surface area (Å²) in [6, 6.07) is 1.58. The van der Waals surface area contributed by atoms with Gasteiger partial charge in [0.05, 0.1) is 12.3 Å². The summed E-state index contributed by atoms with van der Waals surface area (Å²) in [7, 11) is 0. The van der Waals surface area contributed by atoms with Crippen molar-refractivity contribution < 1.29 is 14.3 Å². The molecule has 4 nitrogen and oxygen atoms in total. The zero-order chi connectivity index (χ0) is 9.84. The van der Waals surface area contributed by atoms with Crippen molar-refractivity contribution in [3.63, 3.8) is 0 Å². The summed E-state index contributed by atoms with van der Waals surface area (Å²) in [4.78, 5) is 22.5. The molecular weight excluding hydrogens is 190 g/mol. The van der Waals surface area contributed by atoms with Gasteiger partial charge in [0.15, 0.2) is 0 Å². The number of nitrogens with two attached hydrogens (primary N) is 1. The molecule has 2 N–H and O–H groups in total. The smallest absolute Gasteiger partial charge is 0.380 e. The van der Waals surface area contributed by atoms with Crippen molar-refractivity contribution in [2.45, 2.75) is 6.92 Å². The Kier molecular flexibility index (Phi) is 3.02. The summed E-state index contributed by atoms with van der Waals surface area (Å²) < 4.78 is 4.55. The fraction of sp³-hybridized carbons (Fsp3) is 0.250. The van der Waals surface area contributed by atoms with Crippen LogP contribution in [0.2, 0.25) is 0 Å². The highest BCUT2D eigenvalue weighted by atomic mass is 32.1. The fourth-order valence-electron chi connectivity index (χ4n) is 0.793. The normalized spacial score (nSPS) is 9.62. The molecule has 13 heavy (non-hydrogen) atoms. The average Bonchev–Trinajstić information content (AvgIpc) is 2.50. The Morgan fingerprint density at radius 2 is 2.31 bits per heavy atom. The number of ether oxygens (including phenoxy) is 1. The second kappa shape index (κ2) is 4.04. The molecular formula is C8H9NO3S. The molecule has 1 aromatic heterocycles. The van der Waals surface area contributed by atoms with Gasteiger partial charge in [0, 0.05) is 0 Å². The van der Waals surface area contributed by atoms with E-state index in [-0.39, 0.29) is 11.5 Å². The van der Waals surface area contributed by atoms with Gasteiger partial charge in [-0.3, -0.25) is 4.79 Å². The van der Waals surface area contributed by atoms with E-state index in [0.717, 1.165) is 11.3 Å². The molecule has 0 aliphatic heterocycles. The van der Waals surface area contributed by atoms with Crippen LogP contribution in [0.3, 0.4) is 0 Å². The van der Waals surface area contributed by atoms with Crippen LogP contribution in [0, 0.1) is 0 Å². The minimum atomic E-state index is -0.850. The Morgan fingerprint density at radius 3 is 2.77 bits per heavy atom. The highest BCUT2D eigenvalue weighted by Crippen LogP contribution is 2.19. The number of thiophene rings is 1. The maximum absolute atomic E-state index is 11.3. The lowest BCUT2D eigenvalue weighted by atomic mass is 10.3. The number of esters is 1. The number of ketones is 1. The molecule has 5 heteroatoms. The molecule has 0 saturated carbocycles. The van der Waals surface area contributed by atoms with Crippen LogP contribution in [0.15, 0.2) is 11.4 Å². The van der Waals surface area contributed by atoms with Gasteiger partial charge in [-0.2, -0.15) is 0 Å². The van der Waals surface area contributed by atoms with Crippen LogP contribution < -0.4 is 5.73 Å². The van der Waals surface area contributed by atoms with Gasteiger partial charge in [0.2, 0.25) is 0 Å². The van der Waals surface area contributed by atoms with E-state index in [9.17, 15) is 9.59 Å². The molecule has 0 aliphatic rings. The molecule has 0 spiro atoms. The third kappa shape index (κ3) is 2.06. The SMILES string of the molecule is CCOC(=O)C(=O)c1sccc1N. The van der Waals surface area contributed by atoms with Crippen molar-refractivity contribution in [1.29, 1.82) is 0 Å². The van der Waals surface area contributed by atoms with Crippen molar-refractivity contribution in [3.05, 3.63) is 16.3 Å². The Bertz CT molecular complexity index is 332. The second-order valence-corrected chi connectivity index (χ2v) is 3.17. The van der Waals surface area contributed by atoms with Crippen LogP contribution in [-0.4, -0.2) is 18.4 Å². The first-order chi connectivity index (χ1) is 6.16. The minimum Gasteiger partial charge on any atom is -0.460 e. The maximum Gasteiger partial charge on any atom is 0.380 e. The van der Waals surface area contributed by atoms with Crippen LogP contribution in [0.25, 0.3) is 0 Å². The van der Waals surface area contributed by atoms with Crippen LogP contribution in [0.1, 0.15) is 16.6 Å². The number of Topliss-reactive ketones (excluding diaryl/α,β-unsaturated/α-hetero) is 1. The molecule has 0 bridgehead atoms. The largest absolute Gasteiger partial charge is 0.460 e. The number of anilines is 1. The summed E-state index contributed by atoms with van der Waals surface area (Å²) in [6.45, 7) is 1.83. The number of carbonyl (C=O) groups is 2. The molecule has 70 valence electrons. The van der Waals surface area contributed by atoms with E-state index in [1.165, 1.54) is 0 Å². The van der Waals surface area contributed by atoms with Gasteiger partial charge in [0.25, 0.3) is 5.78 Å². The lowest BCUT2D eigenvalue weighted by Crippen LogP contribution is -2.17. The van der Waals surface area contributed by atoms with Crippen LogP contribution in [0.5, 0.6) is 0 Å². The van der Waals surface area contributed by atoms with Crippen molar-refractivity contribution in [3.8, 4) is 0 Å². The summed E-state index contributed by atoms with van der Waals surface area (Å²) in [5.74, 6) is -1.52. The van der Waals surface area contributed by atoms with Gasteiger partial charge in [-0.25, -0.2) is 4.79 Å². The Morgan fingerprint density at radius 1 is 1.62 bits per heavy atom. The number of nitrogen functional groups attached to an aromatic ring is 1. The third-order valence-corrected chi connectivity index (χ3v) is 2.29. The van der Waals surface area contributed by atoms with Crippen molar-refractivity contribution in [1.82, 2.24) is 0 Å². The summed E-state index contributed by atoms with van der Waals surface area (Å²) in [5.41, 5.74) is 5.78. The van der Waals surface area contributed by atoms with Gasteiger partial charge in [-0.15, -0.1) is 11.3 Å². The van der Waals surface area contributed by atoms with E-state index in [2.05, 4.69) is 4.74 Å². The van der Waals surface area contributed by atoms with Gasteiger partial charge >= 0.3 is 5.97 Å². The zero-order valence-corrected chi connectivity index (χ0v) is 7.89. The molecule has 0 radical (unpaired) electrons. The maximum atomic E-state index is 11.3. The first kappa shape index (κ1) is 9.73. The third-order valence-electron chi connectivity index (χ3n) is 1.36. The first-order valence-electron chi connectivity index (χ1n) is 3.71. The highest BCUT2D eigenvalue weighted by molar-refractivity contribution is 7.13. The Balaban J connectivity index is 2.80. The van der Waals surface area contributed by atoms with E-state index in [0.29, 0.717) is 5.69 Å². The molecule has 0 amide bonds. The van der Waals surface area contributed by atoms with E-state index in [1.54, 1.807) is 18.4 Å². The summed E-state index contributed by atoms with van der Waals surface area (Å²) >= 11 is 1.14. The minimum absolute atomic E-state index is 0.190. The molecule has 0 unspecified atom stereocenters. The molecule has 1 rings (SSSR count). The van der Waals surface area contributed by atoms with Crippen LogP contribution >= 0.6 is 11.3 Å². The lowest BCUT2D eigenvalue weighted by Gasteiger charge is -1.98. The quantitative estimate of drug-likeness (QED) is 0.449. The number of hydrogen-bond donors (Lipinski definition) is 1. The lowest BCUT2D eigenvalue weighted by molar-refractivity contribution is -0.137. The number of hydrogen-bond acceptors (Lipinski definition) is 5. The predicted molar refractivity (Wildman–Crippen MR) is 49.7 cm³/mol. The predicted octanol–water partition coefficient (Wildman–Crippen LogP) is 1.08. The van der Waals surface area contributed by atoms with Crippen molar-refractivity contribution in [2.24, 2.45) is 0 Å². The second-order valence-electron chi connectivity index (χ2n) is 2.25. The van der Waals surface area contributed by atoms with E-state index in [4.69, 9.17) is 5.73 Å². The standard InChI is InChI=1S/C8H9NO3S/c1-2-12-8(11)6(10)7-5(9)3-4-13-7/h3-4H,2,9H2,1H3. The van der Waals surface area contributed by atoms with E-state index in [1.807, 2.05) is 0 Å². The zero-order valence-electron chi connectivity index (χ0n) is 7.07. The van der Waals surface area contributed by atoms with Gasteiger partial charge in [0.1, 0.15) is 4.88 Å². The molecule has 0 atom stereocenters. The molecule has 1 aromatic rings. The first-order valence-corrected chi connectivity index (χ1v) is 4.59. The van der Waals surface area contributed by atoms with E-state index < -0.39 is 11.8 Å². The van der Waals surface area contributed by atoms with Gasteiger partial charge < -0.3 is 10.5 Å². The average molecular weight is 199 g/mol. The topological polar surface area (TPSA) is 69.4 Å².